The van der Waals surface area contributed by atoms with Gasteiger partial charge in [-0.1, -0.05) is 47.5 Å². The standard InChI is InChI=1S/C29H50O5Si/c1-25(2,3)35(9,10)34-19-15-14-17-20-21(24(30)29(8,31)28(17,19)7)27(6)16-12-11-13-18(27)22-23(20)33-26(4,5)32-22/h17-23,31H,11-16H2,1-10H3/t17?,18?,19-,20?,21?,22+,23+,27-,28-,29?/m0/s1. The van der Waals surface area contributed by atoms with Gasteiger partial charge in [-0.3, -0.25) is 4.79 Å². The lowest BCUT2D eigenvalue weighted by Crippen LogP contribution is -2.73. The van der Waals surface area contributed by atoms with Crippen LogP contribution >= 0.6 is 0 Å². The molecule has 0 amide bonds. The Labute approximate surface area is 214 Å². The summed E-state index contributed by atoms with van der Waals surface area (Å²) in [6, 6.07) is 0. The molecule has 5 fully saturated rings. The average molecular weight is 507 g/mol. The fourth-order valence-corrected chi connectivity index (χ4v) is 10.4. The number of hydrogen-bond acceptors (Lipinski definition) is 5. The highest BCUT2D eigenvalue weighted by molar-refractivity contribution is 6.74. The Morgan fingerprint density at radius 2 is 1.57 bits per heavy atom. The number of aliphatic hydroxyl groups is 1. The Morgan fingerprint density at radius 1 is 0.943 bits per heavy atom. The number of fused-ring (bicyclic) bond motifs is 8. The SMILES string of the molecule is CC1(C)O[C@@H]2C3C(C(=O)C(C)(O)[C@@]4(C)C3CC[C@@H]4O[Si](C)(C)C(C)(C)C)[C@@]3(C)CCCCC3[C@H]2O1. The maximum absolute atomic E-state index is 14.6. The highest BCUT2D eigenvalue weighted by atomic mass is 28.4. The van der Waals surface area contributed by atoms with Crippen molar-refractivity contribution in [2.45, 2.75) is 142 Å². The van der Waals surface area contributed by atoms with Gasteiger partial charge in [0.1, 0.15) is 5.60 Å². The van der Waals surface area contributed by atoms with Crippen LogP contribution in [0, 0.1) is 34.5 Å². The predicted molar refractivity (Wildman–Crippen MR) is 139 cm³/mol. The van der Waals surface area contributed by atoms with E-state index >= 15 is 0 Å². The van der Waals surface area contributed by atoms with Gasteiger partial charge in [-0.25, -0.2) is 0 Å². The summed E-state index contributed by atoms with van der Waals surface area (Å²) in [4.78, 5) is 14.6. The molecule has 5 nitrogen and oxygen atoms in total. The summed E-state index contributed by atoms with van der Waals surface area (Å²) in [6.07, 6.45) is 6.09. The van der Waals surface area contributed by atoms with Gasteiger partial charge in [0.05, 0.1) is 18.3 Å². The van der Waals surface area contributed by atoms with Gasteiger partial charge >= 0.3 is 0 Å². The molecule has 0 aromatic carbocycles. The average Bonchev–Trinajstić information content (AvgIpc) is 3.21. The molecule has 10 atom stereocenters. The second-order valence-electron chi connectivity index (χ2n) is 15.2. The van der Waals surface area contributed by atoms with Crippen molar-refractivity contribution in [3.8, 4) is 0 Å². The molecule has 0 aromatic rings. The summed E-state index contributed by atoms with van der Waals surface area (Å²) in [5, 5.41) is 12.3. The number of rotatable bonds is 2. The molecule has 4 saturated carbocycles. The van der Waals surface area contributed by atoms with Gasteiger partial charge in [-0.15, -0.1) is 0 Å². The number of carbonyl (C=O) groups excluding carboxylic acids is 1. The van der Waals surface area contributed by atoms with Crippen LogP contribution in [-0.2, 0) is 18.7 Å². The monoisotopic (exact) mass is 506 g/mol. The van der Waals surface area contributed by atoms with E-state index < -0.39 is 25.1 Å². The molecule has 0 spiro atoms. The van der Waals surface area contributed by atoms with Gasteiger partial charge in [0.2, 0.25) is 0 Å². The molecule has 35 heavy (non-hydrogen) atoms. The third-order valence-corrected chi connectivity index (χ3v) is 16.5. The Hall–Kier alpha value is -0.273. The summed E-state index contributed by atoms with van der Waals surface area (Å²) in [5.41, 5.74) is -2.22. The molecule has 5 unspecified atom stereocenters. The molecule has 1 N–H and O–H groups in total. The minimum Gasteiger partial charge on any atom is -0.413 e. The molecular weight excluding hydrogens is 456 g/mol. The van der Waals surface area contributed by atoms with Crippen LogP contribution in [0.1, 0.15) is 93.9 Å². The third-order valence-electron chi connectivity index (χ3n) is 12.1. The van der Waals surface area contributed by atoms with Crippen LogP contribution < -0.4 is 0 Å². The van der Waals surface area contributed by atoms with Crippen molar-refractivity contribution >= 4 is 14.1 Å². The number of ether oxygens (including phenoxy) is 2. The number of ketones is 1. The molecule has 0 radical (unpaired) electrons. The first-order chi connectivity index (χ1) is 15.9. The van der Waals surface area contributed by atoms with Crippen LogP contribution in [0.3, 0.4) is 0 Å². The molecule has 1 aliphatic heterocycles. The lowest BCUT2D eigenvalue weighted by Gasteiger charge is -2.65. The summed E-state index contributed by atoms with van der Waals surface area (Å²) in [6.45, 7) is 21.7. The van der Waals surface area contributed by atoms with Crippen molar-refractivity contribution in [2.75, 3.05) is 0 Å². The van der Waals surface area contributed by atoms with E-state index in [0.717, 1.165) is 32.1 Å². The molecule has 5 rings (SSSR count). The first kappa shape index (κ1) is 26.3. The van der Waals surface area contributed by atoms with Crippen molar-refractivity contribution < 1.29 is 23.8 Å². The Bertz CT molecular complexity index is 890. The topological polar surface area (TPSA) is 65.0 Å². The molecule has 0 bridgehead atoms. The first-order valence-electron chi connectivity index (χ1n) is 14.2. The normalized spacial score (nSPS) is 51.4. The van der Waals surface area contributed by atoms with E-state index in [1.807, 2.05) is 20.8 Å². The first-order valence-corrected chi connectivity index (χ1v) is 17.1. The van der Waals surface area contributed by atoms with Crippen molar-refractivity contribution in [3.63, 3.8) is 0 Å². The largest absolute Gasteiger partial charge is 0.413 e. The van der Waals surface area contributed by atoms with E-state index in [4.69, 9.17) is 13.9 Å². The molecule has 1 heterocycles. The van der Waals surface area contributed by atoms with Gasteiger partial charge in [0, 0.05) is 17.3 Å². The van der Waals surface area contributed by atoms with Crippen LogP contribution in [0.2, 0.25) is 18.1 Å². The van der Waals surface area contributed by atoms with Crippen LogP contribution in [0.15, 0.2) is 0 Å². The predicted octanol–water partition coefficient (Wildman–Crippen LogP) is 6.09. The summed E-state index contributed by atoms with van der Waals surface area (Å²) >= 11 is 0. The van der Waals surface area contributed by atoms with E-state index in [2.05, 4.69) is 47.7 Å². The Morgan fingerprint density at radius 3 is 2.20 bits per heavy atom. The number of hydrogen-bond donors (Lipinski definition) is 1. The van der Waals surface area contributed by atoms with Crippen molar-refractivity contribution in [1.82, 2.24) is 0 Å². The fraction of sp³-hybridized carbons (Fsp3) is 0.966. The van der Waals surface area contributed by atoms with Gasteiger partial charge in [-0.05, 0) is 81.8 Å². The van der Waals surface area contributed by atoms with Gasteiger partial charge in [0.15, 0.2) is 19.9 Å². The van der Waals surface area contributed by atoms with Crippen LogP contribution in [-0.4, -0.2) is 48.9 Å². The van der Waals surface area contributed by atoms with E-state index in [9.17, 15) is 9.90 Å². The van der Waals surface area contributed by atoms with Gasteiger partial charge in [0.25, 0.3) is 0 Å². The van der Waals surface area contributed by atoms with Crippen molar-refractivity contribution in [1.29, 1.82) is 0 Å². The van der Waals surface area contributed by atoms with Crippen LogP contribution in [0.4, 0.5) is 0 Å². The number of carbonyl (C=O) groups is 1. The third kappa shape index (κ3) is 3.41. The fourth-order valence-electron chi connectivity index (χ4n) is 9.02. The quantitative estimate of drug-likeness (QED) is 0.459. The van der Waals surface area contributed by atoms with Gasteiger partial charge in [-0.2, -0.15) is 0 Å². The van der Waals surface area contributed by atoms with Gasteiger partial charge < -0.3 is 19.0 Å². The smallest absolute Gasteiger partial charge is 0.192 e. The van der Waals surface area contributed by atoms with Crippen LogP contribution in [0.25, 0.3) is 0 Å². The minimum absolute atomic E-state index is 0.0250. The van der Waals surface area contributed by atoms with E-state index in [0.29, 0.717) is 5.92 Å². The Kier molecular flexibility index (Phi) is 5.76. The molecule has 0 aromatic heterocycles. The van der Waals surface area contributed by atoms with Crippen molar-refractivity contribution in [2.24, 2.45) is 34.5 Å². The lowest BCUT2D eigenvalue weighted by molar-refractivity contribution is -0.231. The summed E-state index contributed by atoms with van der Waals surface area (Å²) in [5.74, 6) is -0.266. The highest BCUT2D eigenvalue weighted by Gasteiger charge is 2.76. The molecule has 4 aliphatic carbocycles. The molecule has 200 valence electrons. The van der Waals surface area contributed by atoms with Crippen molar-refractivity contribution in [3.05, 3.63) is 0 Å². The van der Waals surface area contributed by atoms with Crippen LogP contribution in [0.5, 0.6) is 0 Å². The molecular formula is C29H50O5Si. The van der Waals surface area contributed by atoms with E-state index in [-0.39, 0.29) is 52.3 Å². The maximum Gasteiger partial charge on any atom is 0.192 e. The zero-order valence-corrected chi connectivity index (χ0v) is 24.9. The minimum atomic E-state index is -2.09. The second kappa shape index (κ2) is 7.65. The lowest BCUT2D eigenvalue weighted by atomic mass is 9.41. The number of Topliss-reactive ketones (excluding diaryl/α,β-unsaturated/α-hetero) is 1. The van der Waals surface area contributed by atoms with E-state index in [1.54, 1.807) is 0 Å². The Balaban J connectivity index is 1.61. The van der Waals surface area contributed by atoms with E-state index in [1.165, 1.54) is 6.42 Å². The zero-order chi connectivity index (χ0) is 26.0. The highest BCUT2D eigenvalue weighted by Crippen LogP contribution is 2.70. The molecule has 5 aliphatic rings. The zero-order valence-electron chi connectivity index (χ0n) is 23.9. The second-order valence-corrected chi connectivity index (χ2v) is 20.0. The molecule has 1 saturated heterocycles. The summed E-state index contributed by atoms with van der Waals surface area (Å²) in [7, 11) is -2.09. The molecule has 6 heteroatoms. The maximum atomic E-state index is 14.6. The summed E-state index contributed by atoms with van der Waals surface area (Å²) < 4.78 is 20.4.